The van der Waals surface area contributed by atoms with Gasteiger partial charge in [-0.25, -0.2) is 0 Å². The van der Waals surface area contributed by atoms with Crippen molar-refractivity contribution in [2.75, 3.05) is 13.1 Å². The Morgan fingerprint density at radius 2 is 1.82 bits per heavy atom. The maximum absolute atomic E-state index is 12.3. The van der Waals surface area contributed by atoms with E-state index in [2.05, 4.69) is 6.92 Å². The predicted molar refractivity (Wildman–Crippen MR) is 63.4 cm³/mol. The van der Waals surface area contributed by atoms with E-state index >= 15 is 0 Å². The van der Waals surface area contributed by atoms with E-state index in [9.17, 15) is 14.7 Å². The highest BCUT2D eigenvalue weighted by Gasteiger charge is 2.53. The molecular formula is C13H21NO3. The number of hydrogen-bond acceptors (Lipinski definition) is 2. The smallest absolute Gasteiger partial charge is 0.310 e. The normalized spacial score (nSPS) is 34.2. The molecule has 2 unspecified atom stereocenters. The van der Waals surface area contributed by atoms with E-state index in [1.807, 2.05) is 4.90 Å². The molecule has 1 N–H and O–H groups in total. The van der Waals surface area contributed by atoms with Crippen LogP contribution in [-0.2, 0) is 9.59 Å². The van der Waals surface area contributed by atoms with Gasteiger partial charge in [0.2, 0.25) is 5.91 Å². The molecule has 0 radical (unpaired) electrons. The fourth-order valence-corrected chi connectivity index (χ4v) is 2.82. The maximum atomic E-state index is 12.3. The molecule has 96 valence electrons. The van der Waals surface area contributed by atoms with Crippen molar-refractivity contribution in [3.63, 3.8) is 0 Å². The highest BCUT2D eigenvalue weighted by atomic mass is 16.4. The van der Waals surface area contributed by atoms with E-state index in [1.54, 1.807) is 6.92 Å². The Morgan fingerprint density at radius 1 is 1.24 bits per heavy atom. The van der Waals surface area contributed by atoms with Gasteiger partial charge in [-0.15, -0.1) is 0 Å². The van der Waals surface area contributed by atoms with Crippen LogP contribution in [0.1, 0.15) is 39.5 Å². The molecular weight excluding hydrogens is 218 g/mol. The Bertz CT molecular complexity index is 334. The minimum atomic E-state index is -0.826. The molecule has 1 aliphatic carbocycles. The Balaban J connectivity index is 1.99. The lowest BCUT2D eigenvalue weighted by molar-refractivity contribution is -0.168. The molecule has 0 aromatic carbocycles. The number of likely N-dealkylation sites (tertiary alicyclic amines) is 1. The summed E-state index contributed by atoms with van der Waals surface area (Å²) < 4.78 is 0. The van der Waals surface area contributed by atoms with Crippen LogP contribution >= 0.6 is 0 Å². The maximum Gasteiger partial charge on any atom is 0.310 e. The van der Waals surface area contributed by atoms with Crippen molar-refractivity contribution >= 4 is 11.9 Å². The molecule has 2 fully saturated rings. The molecule has 1 heterocycles. The molecule has 0 aromatic heterocycles. The molecule has 1 saturated heterocycles. The van der Waals surface area contributed by atoms with Gasteiger partial charge in [0.25, 0.3) is 0 Å². The molecule has 1 aliphatic heterocycles. The summed E-state index contributed by atoms with van der Waals surface area (Å²) in [5.74, 6) is -0.375. The summed E-state index contributed by atoms with van der Waals surface area (Å²) in [5, 5.41) is 9.18. The number of carbonyl (C=O) groups excluding carboxylic acids is 1. The van der Waals surface area contributed by atoms with Crippen molar-refractivity contribution in [3.05, 3.63) is 0 Å². The lowest BCUT2D eigenvalue weighted by Crippen LogP contribution is -2.54. The Labute approximate surface area is 102 Å². The molecule has 0 spiro atoms. The van der Waals surface area contributed by atoms with E-state index in [-0.39, 0.29) is 11.8 Å². The van der Waals surface area contributed by atoms with Crippen molar-refractivity contribution in [3.8, 4) is 0 Å². The van der Waals surface area contributed by atoms with E-state index in [0.717, 1.165) is 32.4 Å². The highest BCUT2D eigenvalue weighted by Crippen LogP contribution is 2.47. The second kappa shape index (κ2) is 4.31. The molecule has 17 heavy (non-hydrogen) atoms. The average molecular weight is 239 g/mol. The van der Waals surface area contributed by atoms with Gasteiger partial charge in [0.15, 0.2) is 0 Å². The lowest BCUT2D eigenvalue weighted by atomic mass is 9.60. The van der Waals surface area contributed by atoms with Gasteiger partial charge >= 0.3 is 5.97 Å². The number of rotatable bonds is 2. The monoisotopic (exact) mass is 239 g/mol. The van der Waals surface area contributed by atoms with Gasteiger partial charge in [-0.3, -0.25) is 9.59 Å². The summed E-state index contributed by atoms with van der Waals surface area (Å²) in [4.78, 5) is 25.3. The Kier molecular flexibility index (Phi) is 3.15. The first-order valence-electron chi connectivity index (χ1n) is 6.47. The van der Waals surface area contributed by atoms with Gasteiger partial charge in [-0.1, -0.05) is 6.92 Å². The standard InChI is InChI=1S/C13H21NO3/c1-9-4-7-14(8-5-9)11(15)10-3-6-13(10,2)12(16)17/h9-10H,3-8H2,1-2H3,(H,16,17). The zero-order chi connectivity index (χ0) is 12.6. The number of aliphatic carboxylic acids is 1. The summed E-state index contributed by atoms with van der Waals surface area (Å²) in [6, 6.07) is 0. The zero-order valence-corrected chi connectivity index (χ0v) is 10.6. The van der Waals surface area contributed by atoms with Crippen molar-refractivity contribution in [2.45, 2.75) is 39.5 Å². The first kappa shape index (κ1) is 12.4. The Morgan fingerprint density at radius 3 is 2.24 bits per heavy atom. The molecule has 2 rings (SSSR count). The number of piperidine rings is 1. The SMILES string of the molecule is CC1CCN(C(=O)C2CCC2(C)C(=O)O)CC1. The van der Waals surface area contributed by atoms with Crippen LogP contribution in [0.15, 0.2) is 0 Å². The molecule has 0 aromatic rings. The fraction of sp³-hybridized carbons (Fsp3) is 0.846. The van der Waals surface area contributed by atoms with Crippen molar-refractivity contribution in [1.29, 1.82) is 0 Å². The third kappa shape index (κ3) is 2.05. The number of carboxylic acid groups (broad SMARTS) is 1. The molecule has 1 saturated carbocycles. The molecule has 0 bridgehead atoms. The molecule has 1 amide bonds. The third-order valence-corrected chi connectivity index (χ3v) is 4.60. The largest absolute Gasteiger partial charge is 0.481 e. The molecule has 4 nitrogen and oxygen atoms in total. The van der Waals surface area contributed by atoms with Gasteiger partial charge in [-0.05, 0) is 38.5 Å². The van der Waals surface area contributed by atoms with Gasteiger partial charge in [-0.2, -0.15) is 0 Å². The summed E-state index contributed by atoms with van der Waals surface area (Å²) in [5.41, 5.74) is -0.819. The van der Waals surface area contributed by atoms with E-state index in [1.165, 1.54) is 0 Å². The number of carboxylic acids is 1. The van der Waals surface area contributed by atoms with E-state index in [0.29, 0.717) is 12.3 Å². The zero-order valence-electron chi connectivity index (χ0n) is 10.6. The lowest BCUT2D eigenvalue weighted by Gasteiger charge is -2.45. The van der Waals surface area contributed by atoms with Crippen molar-refractivity contribution in [1.82, 2.24) is 4.90 Å². The van der Waals surface area contributed by atoms with Crippen LogP contribution in [0.2, 0.25) is 0 Å². The van der Waals surface area contributed by atoms with Crippen LogP contribution in [0.3, 0.4) is 0 Å². The predicted octanol–water partition coefficient (Wildman–Crippen LogP) is 1.75. The van der Waals surface area contributed by atoms with Crippen LogP contribution in [0.4, 0.5) is 0 Å². The van der Waals surface area contributed by atoms with E-state index < -0.39 is 11.4 Å². The minimum Gasteiger partial charge on any atom is -0.481 e. The van der Waals surface area contributed by atoms with Crippen LogP contribution in [0, 0.1) is 17.3 Å². The number of nitrogens with zero attached hydrogens (tertiary/aromatic N) is 1. The first-order chi connectivity index (χ1) is 7.95. The quantitative estimate of drug-likeness (QED) is 0.798. The fourth-order valence-electron chi connectivity index (χ4n) is 2.82. The van der Waals surface area contributed by atoms with Gasteiger partial charge < -0.3 is 10.0 Å². The second-order valence-electron chi connectivity index (χ2n) is 5.82. The average Bonchev–Trinajstić information content (AvgIpc) is 2.27. The van der Waals surface area contributed by atoms with Crippen molar-refractivity contribution in [2.24, 2.45) is 17.3 Å². The van der Waals surface area contributed by atoms with Gasteiger partial charge in [0, 0.05) is 13.1 Å². The summed E-state index contributed by atoms with van der Waals surface area (Å²) in [6.45, 7) is 5.50. The van der Waals surface area contributed by atoms with Gasteiger partial charge in [0.05, 0.1) is 11.3 Å². The minimum absolute atomic E-state index is 0.0630. The van der Waals surface area contributed by atoms with Crippen LogP contribution in [0.25, 0.3) is 0 Å². The van der Waals surface area contributed by atoms with Crippen molar-refractivity contribution < 1.29 is 14.7 Å². The van der Waals surface area contributed by atoms with Crippen LogP contribution in [-0.4, -0.2) is 35.0 Å². The second-order valence-corrected chi connectivity index (χ2v) is 5.82. The summed E-state index contributed by atoms with van der Waals surface area (Å²) >= 11 is 0. The summed E-state index contributed by atoms with van der Waals surface area (Å²) in [7, 11) is 0. The molecule has 2 atom stereocenters. The van der Waals surface area contributed by atoms with Crippen LogP contribution < -0.4 is 0 Å². The number of carbonyl (C=O) groups is 2. The Hall–Kier alpha value is -1.06. The molecule has 2 aliphatic rings. The first-order valence-corrected chi connectivity index (χ1v) is 6.47. The number of amides is 1. The summed E-state index contributed by atoms with van der Waals surface area (Å²) in [6.07, 6.45) is 3.45. The van der Waals surface area contributed by atoms with Gasteiger partial charge in [0.1, 0.15) is 0 Å². The highest BCUT2D eigenvalue weighted by molar-refractivity contribution is 5.88. The number of hydrogen-bond donors (Lipinski definition) is 1. The third-order valence-electron chi connectivity index (χ3n) is 4.60. The topological polar surface area (TPSA) is 57.6 Å². The van der Waals surface area contributed by atoms with E-state index in [4.69, 9.17) is 0 Å². The molecule has 4 heteroatoms. The van der Waals surface area contributed by atoms with Crippen LogP contribution in [0.5, 0.6) is 0 Å².